The summed E-state index contributed by atoms with van der Waals surface area (Å²) in [5.74, 6) is 0.618. The van der Waals surface area contributed by atoms with Gasteiger partial charge in [-0.05, 0) is 22.3 Å². The number of hydrogen-bond acceptors (Lipinski definition) is 7. The van der Waals surface area contributed by atoms with Crippen molar-refractivity contribution < 1.29 is 14.6 Å². The van der Waals surface area contributed by atoms with E-state index in [0.29, 0.717) is 12.3 Å². The van der Waals surface area contributed by atoms with Crippen LogP contribution in [0.15, 0.2) is 90.3 Å². The zero-order valence-electron chi connectivity index (χ0n) is 19.2. The highest BCUT2D eigenvalue weighted by Crippen LogP contribution is 2.47. The Hall–Kier alpha value is -3.01. The fraction of sp³-hybridized carbons (Fsp3) is 0.259. The van der Waals surface area contributed by atoms with Gasteiger partial charge in [0.2, 0.25) is 0 Å². The molecule has 1 aliphatic heterocycles. The molecule has 0 amide bonds. The van der Waals surface area contributed by atoms with E-state index in [1.807, 2.05) is 66.7 Å². The van der Waals surface area contributed by atoms with Crippen molar-refractivity contribution in [3.63, 3.8) is 0 Å². The topological polar surface area (TPSA) is 106 Å². The van der Waals surface area contributed by atoms with Gasteiger partial charge in [-0.15, -0.1) is 0 Å². The molecule has 4 atom stereocenters. The third-order valence-electron chi connectivity index (χ3n) is 6.24. The second-order valence-electron chi connectivity index (χ2n) is 8.45. The number of benzene rings is 3. The quantitative estimate of drug-likeness (QED) is 0.314. The Labute approximate surface area is 208 Å². The predicted molar refractivity (Wildman–Crippen MR) is 134 cm³/mol. The maximum atomic E-state index is 9.53. The summed E-state index contributed by atoms with van der Waals surface area (Å²) in [5.41, 5.74) is 10.8. The molecular formula is C27H28N4O3S. The smallest absolute Gasteiger partial charge is 0.184 e. The Kier molecular flexibility index (Phi) is 7.56. The van der Waals surface area contributed by atoms with Crippen molar-refractivity contribution in [1.82, 2.24) is 15.2 Å². The molecule has 1 aromatic heterocycles. The molecule has 1 unspecified atom stereocenters. The zero-order chi connectivity index (χ0) is 24.0. The van der Waals surface area contributed by atoms with Crippen molar-refractivity contribution >= 4 is 11.8 Å². The number of aromatic nitrogens is 3. The molecule has 0 spiro atoms. The molecule has 4 N–H and O–H groups in total. The molecule has 0 saturated carbocycles. The lowest BCUT2D eigenvalue weighted by molar-refractivity contribution is -0.255. The predicted octanol–water partition coefficient (Wildman–Crippen LogP) is 4.49. The maximum absolute atomic E-state index is 9.53. The highest BCUT2D eigenvalue weighted by Gasteiger charge is 2.42. The first-order valence-electron chi connectivity index (χ1n) is 11.6. The van der Waals surface area contributed by atoms with E-state index in [1.165, 1.54) is 6.33 Å². The summed E-state index contributed by atoms with van der Waals surface area (Å²) in [6.07, 6.45) is 0.556. The van der Waals surface area contributed by atoms with Crippen LogP contribution >= 0.6 is 11.8 Å². The number of nitrogens with two attached hydrogens (primary N) is 1. The van der Waals surface area contributed by atoms with E-state index in [-0.39, 0.29) is 24.7 Å². The Bertz CT molecular complexity index is 1190. The minimum Gasteiger partial charge on any atom is -0.392 e. The average Bonchev–Trinajstić information content (AvgIpc) is 3.46. The molecule has 4 aromatic rings. The summed E-state index contributed by atoms with van der Waals surface area (Å²) in [4.78, 5) is 4.26. The number of aromatic amines is 1. The monoisotopic (exact) mass is 488 g/mol. The minimum absolute atomic E-state index is 0.00356. The molecule has 35 heavy (non-hydrogen) atoms. The van der Waals surface area contributed by atoms with Gasteiger partial charge in [0, 0.05) is 23.8 Å². The molecule has 1 aliphatic rings. The van der Waals surface area contributed by atoms with Crippen LogP contribution in [-0.4, -0.2) is 32.1 Å². The number of rotatable bonds is 8. The highest BCUT2D eigenvalue weighted by atomic mass is 32.2. The van der Waals surface area contributed by atoms with Crippen molar-refractivity contribution in [1.29, 1.82) is 0 Å². The Balaban J connectivity index is 1.53. The standard InChI is InChI=1S/C27H28N4O3S/c28-14-18-6-12-22(13-7-18)26-33-23(16-35-27-29-17-30-31-27)24(20-4-2-1-3-5-20)25(34-26)21-10-8-19(15-32)9-11-21/h1-13,17,23-26,32H,14-16,28H2,(H,29,30,31)/t23-,24-,25+,26?/m1/s1. The van der Waals surface area contributed by atoms with Crippen molar-refractivity contribution in [2.45, 2.75) is 42.7 Å². The summed E-state index contributed by atoms with van der Waals surface area (Å²) in [6.45, 7) is 0.489. The van der Waals surface area contributed by atoms with Crippen LogP contribution in [0.4, 0.5) is 0 Å². The molecule has 5 rings (SSSR count). The second kappa shape index (κ2) is 11.2. The van der Waals surface area contributed by atoms with Crippen LogP contribution in [0.5, 0.6) is 0 Å². The molecule has 180 valence electrons. The van der Waals surface area contributed by atoms with Crippen LogP contribution in [-0.2, 0) is 22.6 Å². The van der Waals surface area contributed by atoms with Gasteiger partial charge in [0.1, 0.15) is 6.33 Å². The Morgan fingerprint density at radius 3 is 2.23 bits per heavy atom. The van der Waals surface area contributed by atoms with E-state index in [4.69, 9.17) is 15.2 Å². The third kappa shape index (κ3) is 5.47. The van der Waals surface area contributed by atoms with Crippen LogP contribution in [0.25, 0.3) is 0 Å². The van der Waals surface area contributed by atoms with E-state index < -0.39 is 6.29 Å². The number of hydrogen-bond donors (Lipinski definition) is 3. The highest BCUT2D eigenvalue weighted by molar-refractivity contribution is 7.99. The molecule has 2 heterocycles. The number of nitrogens with one attached hydrogen (secondary N) is 1. The van der Waals surface area contributed by atoms with Gasteiger partial charge in [-0.1, -0.05) is 90.6 Å². The van der Waals surface area contributed by atoms with E-state index in [1.54, 1.807) is 11.8 Å². The van der Waals surface area contributed by atoms with Gasteiger partial charge < -0.3 is 20.3 Å². The van der Waals surface area contributed by atoms with E-state index in [9.17, 15) is 5.11 Å². The lowest BCUT2D eigenvalue weighted by atomic mass is 9.84. The SMILES string of the molecule is NCc1ccc(C2O[C@H](CSc3ncn[nH]3)[C@@H](c3ccccc3)[C@H](c3ccc(CO)cc3)O2)cc1. The van der Waals surface area contributed by atoms with Crippen molar-refractivity contribution in [3.8, 4) is 0 Å². The first-order valence-corrected chi connectivity index (χ1v) is 12.6. The molecular weight excluding hydrogens is 460 g/mol. The normalized spacial score (nSPS) is 22.2. The van der Waals surface area contributed by atoms with E-state index in [2.05, 4.69) is 27.3 Å². The summed E-state index contributed by atoms with van der Waals surface area (Å²) in [5, 5.41) is 17.2. The van der Waals surface area contributed by atoms with Gasteiger partial charge >= 0.3 is 0 Å². The number of ether oxygens (including phenoxy) is 2. The number of H-pyrrole nitrogens is 1. The number of aliphatic hydroxyl groups excluding tert-OH is 1. The number of thioether (sulfide) groups is 1. The van der Waals surface area contributed by atoms with Crippen molar-refractivity contribution in [3.05, 3.63) is 113 Å². The summed E-state index contributed by atoms with van der Waals surface area (Å²) >= 11 is 1.58. The van der Waals surface area contributed by atoms with Crippen LogP contribution in [0, 0.1) is 0 Å². The Morgan fingerprint density at radius 1 is 0.857 bits per heavy atom. The van der Waals surface area contributed by atoms with Crippen LogP contribution in [0.3, 0.4) is 0 Å². The fourth-order valence-electron chi connectivity index (χ4n) is 4.39. The van der Waals surface area contributed by atoms with E-state index >= 15 is 0 Å². The van der Waals surface area contributed by atoms with Gasteiger partial charge in [-0.25, -0.2) is 4.98 Å². The summed E-state index contributed by atoms with van der Waals surface area (Å²) in [6, 6.07) is 26.3. The largest absolute Gasteiger partial charge is 0.392 e. The molecule has 3 aromatic carbocycles. The molecule has 7 nitrogen and oxygen atoms in total. The molecule has 8 heteroatoms. The van der Waals surface area contributed by atoms with Gasteiger partial charge in [-0.2, -0.15) is 5.10 Å². The molecule has 0 radical (unpaired) electrons. The van der Waals surface area contributed by atoms with Crippen molar-refractivity contribution in [2.24, 2.45) is 5.73 Å². The molecule has 1 saturated heterocycles. The lowest BCUT2D eigenvalue weighted by Crippen LogP contribution is -2.38. The summed E-state index contributed by atoms with van der Waals surface area (Å²) in [7, 11) is 0. The van der Waals surface area contributed by atoms with Gasteiger partial charge in [-0.3, -0.25) is 5.10 Å². The van der Waals surface area contributed by atoms with E-state index in [0.717, 1.165) is 33.0 Å². The van der Waals surface area contributed by atoms with Gasteiger partial charge in [0.15, 0.2) is 11.4 Å². The number of nitrogens with zero attached hydrogens (tertiary/aromatic N) is 2. The third-order valence-corrected chi connectivity index (χ3v) is 7.20. The number of aliphatic hydroxyl groups is 1. The average molecular weight is 489 g/mol. The van der Waals surface area contributed by atoms with Crippen molar-refractivity contribution in [2.75, 3.05) is 5.75 Å². The van der Waals surface area contributed by atoms with Crippen LogP contribution in [0.2, 0.25) is 0 Å². The maximum Gasteiger partial charge on any atom is 0.184 e. The second-order valence-corrected chi connectivity index (χ2v) is 9.46. The Morgan fingerprint density at radius 2 is 1.57 bits per heavy atom. The molecule has 0 bridgehead atoms. The molecule has 0 aliphatic carbocycles. The summed E-state index contributed by atoms with van der Waals surface area (Å²) < 4.78 is 13.3. The first-order chi connectivity index (χ1) is 17.2. The molecule has 1 fully saturated rings. The zero-order valence-corrected chi connectivity index (χ0v) is 20.0. The first kappa shape index (κ1) is 23.7. The van der Waals surface area contributed by atoms with Crippen LogP contribution in [0.1, 0.15) is 46.1 Å². The van der Waals surface area contributed by atoms with Crippen LogP contribution < -0.4 is 5.73 Å². The van der Waals surface area contributed by atoms with Gasteiger partial charge in [0.05, 0.1) is 18.8 Å². The minimum atomic E-state index is -0.537. The fourth-order valence-corrected chi connectivity index (χ4v) is 5.23. The lowest BCUT2D eigenvalue weighted by Gasteiger charge is -2.43. The van der Waals surface area contributed by atoms with Gasteiger partial charge in [0.25, 0.3) is 0 Å².